The highest BCUT2D eigenvalue weighted by Crippen LogP contribution is 2.17. The lowest BCUT2D eigenvalue weighted by molar-refractivity contribution is -0.139. The van der Waals surface area contributed by atoms with Crippen LogP contribution in [0.25, 0.3) is 0 Å². The number of carbonyl (C=O) groups excluding carboxylic acids is 2. The fraction of sp³-hybridized carbons (Fsp3) is 0.440. The summed E-state index contributed by atoms with van der Waals surface area (Å²) in [7, 11) is 0. The molecule has 0 aliphatic rings. The van der Waals surface area contributed by atoms with E-state index in [0.717, 1.165) is 11.3 Å². The van der Waals surface area contributed by atoms with Crippen LogP contribution in [-0.2, 0) is 21.9 Å². The van der Waals surface area contributed by atoms with Crippen LogP contribution in [0.5, 0.6) is 0 Å². The van der Waals surface area contributed by atoms with E-state index in [1.54, 1.807) is 16.7 Å². The molecule has 0 aliphatic heterocycles. The Morgan fingerprint density at radius 1 is 1.00 bits per heavy atom. The van der Waals surface area contributed by atoms with Gasteiger partial charge in [-0.2, -0.15) is 0 Å². The molecule has 0 radical (unpaired) electrons. The van der Waals surface area contributed by atoms with Gasteiger partial charge in [-0.3, -0.25) is 9.59 Å². The molecule has 2 amide bonds. The molecule has 2 rings (SSSR count). The molecule has 0 spiro atoms. The summed E-state index contributed by atoms with van der Waals surface area (Å²) in [6, 6.07) is 17.8. The number of hydrogen-bond donors (Lipinski definition) is 1. The van der Waals surface area contributed by atoms with Crippen molar-refractivity contribution >= 4 is 23.6 Å². The average Bonchev–Trinajstić information content (AvgIpc) is 2.74. The van der Waals surface area contributed by atoms with Crippen LogP contribution in [0.15, 0.2) is 54.6 Å². The van der Waals surface area contributed by atoms with E-state index in [-0.39, 0.29) is 11.8 Å². The van der Waals surface area contributed by atoms with Gasteiger partial charge in [0.2, 0.25) is 11.8 Å². The second kappa shape index (κ2) is 12.4. The topological polar surface area (TPSA) is 49.4 Å². The minimum Gasteiger partial charge on any atom is -0.354 e. The third-order valence-corrected chi connectivity index (χ3v) is 5.87. The van der Waals surface area contributed by atoms with Crippen LogP contribution in [0, 0.1) is 12.8 Å². The van der Waals surface area contributed by atoms with Crippen LogP contribution in [0.3, 0.4) is 0 Å². The van der Waals surface area contributed by atoms with Crippen molar-refractivity contribution in [2.75, 3.05) is 12.3 Å². The zero-order chi connectivity index (χ0) is 21.9. The Hall–Kier alpha value is -2.27. The van der Waals surface area contributed by atoms with Crippen LogP contribution >= 0.6 is 11.8 Å². The van der Waals surface area contributed by atoms with Gasteiger partial charge in [-0.1, -0.05) is 80.9 Å². The lowest BCUT2D eigenvalue weighted by Gasteiger charge is -2.31. The molecule has 0 unspecified atom stereocenters. The highest BCUT2D eigenvalue weighted by atomic mass is 32.2. The van der Waals surface area contributed by atoms with Crippen molar-refractivity contribution in [3.05, 3.63) is 71.3 Å². The molecule has 1 atom stereocenters. The molecular formula is C25H34N2O2S. The van der Waals surface area contributed by atoms with Crippen LogP contribution in [0.1, 0.15) is 43.9 Å². The quantitative estimate of drug-likeness (QED) is 0.561. The number of aryl methyl sites for hydroxylation is 1. The number of benzene rings is 2. The number of carbonyl (C=O) groups is 2. The second-order valence-electron chi connectivity index (χ2n) is 8.05. The minimum atomic E-state index is -0.462. The molecule has 0 bridgehead atoms. The third kappa shape index (κ3) is 7.86. The number of thioether (sulfide) groups is 1. The van der Waals surface area contributed by atoms with Crippen molar-refractivity contribution in [3.63, 3.8) is 0 Å². The van der Waals surface area contributed by atoms with Crippen molar-refractivity contribution in [2.24, 2.45) is 5.92 Å². The number of amides is 2. The first-order chi connectivity index (χ1) is 14.4. The van der Waals surface area contributed by atoms with Crippen molar-refractivity contribution < 1.29 is 9.59 Å². The Kier molecular flexibility index (Phi) is 9.95. The summed E-state index contributed by atoms with van der Waals surface area (Å²) in [6.45, 7) is 9.22. The summed E-state index contributed by atoms with van der Waals surface area (Å²) in [5, 5.41) is 3.00. The van der Waals surface area contributed by atoms with Crippen LogP contribution < -0.4 is 5.32 Å². The summed E-state index contributed by atoms with van der Waals surface area (Å²) in [6.07, 6.45) is 0.588. The van der Waals surface area contributed by atoms with Gasteiger partial charge in [0, 0.05) is 18.8 Å². The first kappa shape index (κ1) is 24.0. The predicted molar refractivity (Wildman–Crippen MR) is 126 cm³/mol. The zero-order valence-electron chi connectivity index (χ0n) is 18.6. The Bertz CT molecular complexity index is 791. The van der Waals surface area contributed by atoms with Gasteiger partial charge in [0.15, 0.2) is 0 Å². The van der Waals surface area contributed by atoms with Crippen LogP contribution in [0.4, 0.5) is 0 Å². The maximum atomic E-state index is 13.2. The lowest BCUT2D eigenvalue weighted by Crippen LogP contribution is -2.50. The molecule has 2 aromatic carbocycles. The fourth-order valence-corrected chi connectivity index (χ4v) is 4.02. The first-order valence-corrected chi connectivity index (χ1v) is 11.8. The SMILES string of the molecule is CC[C@H](C(=O)NCC(C)C)N(Cc1ccccc1)C(=O)CSCc1ccc(C)cc1. The molecule has 30 heavy (non-hydrogen) atoms. The van der Waals surface area contributed by atoms with Crippen LogP contribution in [-0.4, -0.2) is 35.1 Å². The summed E-state index contributed by atoms with van der Waals surface area (Å²) < 4.78 is 0. The summed E-state index contributed by atoms with van der Waals surface area (Å²) in [5.41, 5.74) is 3.46. The van der Waals surface area contributed by atoms with E-state index in [0.29, 0.717) is 31.2 Å². The largest absolute Gasteiger partial charge is 0.354 e. The van der Waals surface area contributed by atoms with Crippen molar-refractivity contribution in [2.45, 2.75) is 52.5 Å². The van der Waals surface area contributed by atoms with Gasteiger partial charge in [-0.25, -0.2) is 0 Å². The van der Waals surface area contributed by atoms with Gasteiger partial charge in [-0.05, 0) is 30.4 Å². The van der Waals surface area contributed by atoms with Gasteiger partial charge in [0.25, 0.3) is 0 Å². The number of nitrogens with zero attached hydrogens (tertiary/aromatic N) is 1. The normalized spacial score (nSPS) is 11.9. The molecule has 2 aromatic rings. The molecule has 0 fully saturated rings. The molecule has 162 valence electrons. The monoisotopic (exact) mass is 426 g/mol. The van der Waals surface area contributed by atoms with E-state index in [9.17, 15) is 9.59 Å². The molecule has 4 nitrogen and oxygen atoms in total. The molecule has 0 heterocycles. The molecule has 0 aromatic heterocycles. The number of nitrogens with one attached hydrogen (secondary N) is 1. The maximum Gasteiger partial charge on any atom is 0.242 e. The van der Waals surface area contributed by atoms with E-state index >= 15 is 0 Å². The van der Waals surface area contributed by atoms with E-state index in [1.807, 2.05) is 37.3 Å². The van der Waals surface area contributed by atoms with E-state index < -0.39 is 6.04 Å². The Morgan fingerprint density at radius 3 is 2.27 bits per heavy atom. The Labute approximate surface area is 185 Å². The first-order valence-electron chi connectivity index (χ1n) is 10.6. The highest BCUT2D eigenvalue weighted by Gasteiger charge is 2.28. The van der Waals surface area contributed by atoms with Gasteiger partial charge in [0.1, 0.15) is 6.04 Å². The van der Waals surface area contributed by atoms with E-state index in [2.05, 4.69) is 50.4 Å². The smallest absolute Gasteiger partial charge is 0.242 e. The number of rotatable bonds is 11. The molecule has 0 aliphatic carbocycles. The molecular weight excluding hydrogens is 392 g/mol. The second-order valence-corrected chi connectivity index (χ2v) is 9.03. The minimum absolute atomic E-state index is 0.00233. The van der Waals surface area contributed by atoms with E-state index in [4.69, 9.17) is 0 Å². The zero-order valence-corrected chi connectivity index (χ0v) is 19.4. The molecule has 1 N–H and O–H groups in total. The predicted octanol–water partition coefficient (Wildman–Crippen LogP) is 4.81. The van der Waals surface area contributed by atoms with Crippen molar-refractivity contribution in [1.82, 2.24) is 10.2 Å². The summed E-state index contributed by atoms with van der Waals surface area (Å²) in [5.74, 6) is 1.44. The third-order valence-electron chi connectivity index (χ3n) is 4.88. The fourth-order valence-electron chi connectivity index (χ4n) is 3.15. The standard InChI is InChI=1S/C25H34N2O2S/c1-5-23(25(29)26-15-19(2)3)27(16-21-9-7-6-8-10-21)24(28)18-30-17-22-13-11-20(4)12-14-22/h6-14,19,23H,5,15-18H2,1-4H3,(H,26,29)/t23-/m1/s1. The van der Waals surface area contributed by atoms with Gasteiger partial charge >= 0.3 is 0 Å². The highest BCUT2D eigenvalue weighted by molar-refractivity contribution is 7.99. The van der Waals surface area contributed by atoms with Gasteiger partial charge < -0.3 is 10.2 Å². The van der Waals surface area contributed by atoms with Crippen molar-refractivity contribution in [3.8, 4) is 0 Å². The number of hydrogen-bond acceptors (Lipinski definition) is 3. The lowest BCUT2D eigenvalue weighted by atomic mass is 10.1. The average molecular weight is 427 g/mol. The Morgan fingerprint density at radius 2 is 1.67 bits per heavy atom. The summed E-state index contributed by atoms with van der Waals surface area (Å²) >= 11 is 1.59. The van der Waals surface area contributed by atoms with Gasteiger partial charge in [0.05, 0.1) is 5.75 Å². The molecule has 0 saturated heterocycles. The van der Waals surface area contributed by atoms with Crippen molar-refractivity contribution in [1.29, 1.82) is 0 Å². The van der Waals surface area contributed by atoms with Gasteiger partial charge in [-0.15, -0.1) is 11.8 Å². The Balaban J connectivity index is 2.07. The molecule has 5 heteroatoms. The van der Waals surface area contributed by atoms with E-state index in [1.165, 1.54) is 11.1 Å². The summed E-state index contributed by atoms with van der Waals surface area (Å²) in [4.78, 5) is 27.7. The molecule has 0 saturated carbocycles. The maximum absolute atomic E-state index is 13.2. The van der Waals surface area contributed by atoms with Crippen LogP contribution in [0.2, 0.25) is 0 Å².